The summed E-state index contributed by atoms with van der Waals surface area (Å²) in [5.41, 5.74) is 2.06. The van der Waals surface area contributed by atoms with Crippen LogP contribution in [0.3, 0.4) is 0 Å². The number of anilines is 1. The molecule has 1 aliphatic heterocycles. The molecule has 116 valence electrons. The largest absolute Gasteiger partial charge is 0.477 e. The first-order valence-electron chi connectivity index (χ1n) is 6.96. The molecule has 0 saturated carbocycles. The van der Waals surface area contributed by atoms with Gasteiger partial charge in [-0.1, -0.05) is 30.0 Å². The summed E-state index contributed by atoms with van der Waals surface area (Å²) in [7, 11) is 0. The number of hydrogen-bond acceptors (Lipinski definition) is 5. The number of aromatic nitrogens is 4. The minimum atomic E-state index is -1.02. The Hall–Kier alpha value is -2.74. The van der Waals surface area contributed by atoms with Gasteiger partial charge < -0.3 is 15.4 Å². The molecule has 0 spiro atoms. The van der Waals surface area contributed by atoms with Crippen LogP contribution in [0, 0.1) is 0 Å². The van der Waals surface area contributed by atoms with E-state index in [0.29, 0.717) is 11.1 Å². The number of nitrogens with zero attached hydrogens (tertiary/aromatic N) is 3. The Bertz CT molecular complexity index is 942. The van der Waals surface area contributed by atoms with Gasteiger partial charge in [0.25, 0.3) is 0 Å². The molecule has 3 aromatic rings. The molecule has 2 aromatic heterocycles. The lowest BCUT2D eigenvalue weighted by Crippen LogP contribution is -2.24. The number of nitrogens with one attached hydrogen (secondary N) is 2. The van der Waals surface area contributed by atoms with Crippen LogP contribution in [-0.4, -0.2) is 37.1 Å². The first kappa shape index (κ1) is 13.9. The van der Waals surface area contributed by atoms with E-state index in [1.807, 2.05) is 36.7 Å². The summed E-state index contributed by atoms with van der Waals surface area (Å²) in [6.07, 6.45) is 5.43. The van der Waals surface area contributed by atoms with E-state index in [9.17, 15) is 9.90 Å². The van der Waals surface area contributed by atoms with E-state index in [-0.39, 0.29) is 11.7 Å². The van der Waals surface area contributed by atoms with Crippen LogP contribution in [0.25, 0.3) is 10.9 Å². The van der Waals surface area contributed by atoms with Crippen molar-refractivity contribution in [3.8, 4) is 0 Å². The molecule has 0 aliphatic carbocycles. The fraction of sp³-hybridized carbons (Fsp3) is 0.133. The molecule has 1 aliphatic rings. The molecular weight excluding hydrogens is 314 g/mol. The summed E-state index contributed by atoms with van der Waals surface area (Å²) < 4.78 is 1.72. The van der Waals surface area contributed by atoms with Crippen molar-refractivity contribution in [3.05, 3.63) is 47.8 Å². The summed E-state index contributed by atoms with van der Waals surface area (Å²) in [5.74, 6) is -0.584. The number of benzene rings is 1. The highest BCUT2D eigenvalue weighted by Crippen LogP contribution is 2.33. The van der Waals surface area contributed by atoms with Crippen LogP contribution in [0.2, 0.25) is 0 Å². The normalized spacial score (nSPS) is 16.7. The van der Waals surface area contributed by atoms with Crippen molar-refractivity contribution in [1.82, 2.24) is 19.7 Å². The highest BCUT2D eigenvalue weighted by atomic mass is 32.2. The zero-order chi connectivity index (χ0) is 16.0. The fourth-order valence-electron chi connectivity index (χ4n) is 2.74. The SMILES string of the molecule is CSc1nc2n(n1)[C@H](c1c[nH]c3ccccc13)C=C(C(=O)O)N2. The van der Waals surface area contributed by atoms with E-state index < -0.39 is 5.97 Å². The summed E-state index contributed by atoms with van der Waals surface area (Å²) in [6.45, 7) is 0. The molecule has 1 atom stereocenters. The molecule has 0 unspecified atom stereocenters. The molecule has 7 nitrogen and oxygen atoms in total. The molecule has 3 N–H and O–H groups in total. The Morgan fingerprint density at radius 1 is 1.39 bits per heavy atom. The van der Waals surface area contributed by atoms with Crippen molar-refractivity contribution >= 4 is 34.6 Å². The van der Waals surface area contributed by atoms with Crippen LogP contribution in [0.15, 0.2) is 47.4 Å². The number of para-hydroxylation sites is 1. The zero-order valence-electron chi connectivity index (χ0n) is 12.1. The first-order valence-corrected chi connectivity index (χ1v) is 8.18. The monoisotopic (exact) mass is 327 g/mol. The maximum Gasteiger partial charge on any atom is 0.352 e. The second-order valence-electron chi connectivity index (χ2n) is 5.11. The number of rotatable bonds is 3. The summed E-state index contributed by atoms with van der Waals surface area (Å²) in [5, 5.41) is 18.3. The number of fused-ring (bicyclic) bond motifs is 2. The van der Waals surface area contributed by atoms with Gasteiger partial charge in [0.05, 0.1) is 0 Å². The van der Waals surface area contributed by atoms with E-state index >= 15 is 0 Å². The van der Waals surface area contributed by atoms with Crippen LogP contribution in [-0.2, 0) is 4.79 Å². The van der Waals surface area contributed by atoms with Gasteiger partial charge in [-0.25, -0.2) is 9.48 Å². The Balaban J connectivity index is 1.92. The van der Waals surface area contributed by atoms with E-state index in [2.05, 4.69) is 20.4 Å². The standard InChI is InChI=1S/C15H13N5O2S/c1-23-15-18-14-17-11(13(21)22)6-12(20(14)19-15)9-7-16-10-5-3-2-4-8(9)10/h2-7,12,16H,1H3,(H,21,22)(H,17,18,19)/t12-/m0/s1. The van der Waals surface area contributed by atoms with Crippen LogP contribution in [0.1, 0.15) is 11.6 Å². The van der Waals surface area contributed by atoms with Crippen molar-refractivity contribution in [2.45, 2.75) is 11.2 Å². The van der Waals surface area contributed by atoms with Crippen LogP contribution in [0.5, 0.6) is 0 Å². The lowest BCUT2D eigenvalue weighted by atomic mass is 10.0. The summed E-state index contributed by atoms with van der Waals surface area (Å²) >= 11 is 1.41. The molecule has 0 amide bonds. The fourth-order valence-corrected chi connectivity index (χ4v) is 3.09. The van der Waals surface area contributed by atoms with E-state index in [1.54, 1.807) is 10.8 Å². The van der Waals surface area contributed by atoms with Crippen LogP contribution >= 0.6 is 11.8 Å². The Kier molecular flexibility index (Phi) is 3.12. The highest BCUT2D eigenvalue weighted by molar-refractivity contribution is 7.98. The van der Waals surface area contributed by atoms with Gasteiger partial charge in [-0.05, 0) is 18.4 Å². The highest BCUT2D eigenvalue weighted by Gasteiger charge is 2.28. The van der Waals surface area contributed by atoms with Crippen molar-refractivity contribution in [3.63, 3.8) is 0 Å². The van der Waals surface area contributed by atoms with Crippen molar-refractivity contribution in [2.75, 3.05) is 11.6 Å². The number of thioether (sulfide) groups is 1. The average Bonchev–Trinajstić information content (AvgIpc) is 3.17. The lowest BCUT2D eigenvalue weighted by molar-refractivity contribution is -0.132. The molecule has 0 saturated heterocycles. The van der Waals surface area contributed by atoms with Gasteiger partial charge in [0.1, 0.15) is 11.7 Å². The topological polar surface area (TPSA) is 95.8 Å². The van der Waals surface area contributed by atoms with Gasteiger partial charge >= 0.3 is 5.97 Å². The minimum Gasteiger partial charge on any atom is -0.477 e. The Morgan fingerprint density at radius 3 is 3.00 bits per heavy atom. The van der Waals surface area contributed by atoms with Crippen LogP contribution in [0.4, 0.5) is 5.95 Å². The Morgan fingerprint density at radius 2 is 2.22 bits per heavy atom. The van der Waals surface area contributed by atoms with Crippen molar-refractivity contribution in [1.29, 1.82) is 0 Å². The smallest absolute Gasteiger partial charge is 0.352 e. The predicted octanol–water partition coefficient (Wildman–Crippen LogP) is 2.46. The number of allylic oxidation sites excluding steroid dienone is 1. The van der Waals surface area contributed by atoms with Gasteiger partial charge in [-0.2, -0.15) is 4.98 Å². The van der Waals surface area contributed by atoms with E-state index in [1.165, 1.54) is 11.8 Å². The zero-order valence-corrected chi connectivity index (χ0v) is 13.0. The van der Waals surface area contributed by atoms with Gasteiger partial charge in [0.15, 0.2) is 0 Å². The molecule has 1 aromatic carbocycles. The third kappa shape index (κ3) is 2.18. The second-order valence-corrected chi connectivity index (χ2v) is 5.89. The number of H-pyrrole nitrogens is 1. The van der Waals surface area contributed by atoms with Gasteiger partial charge in [-0.15, -0.1) is 5.10 Å². The van der Waals surface area contributed by atoms with Gasteiger partial charge in [-0.3, -0.25) is 0 Å². The number of hydrogen-bond donors (Lipinski definition) is 3. The number of carbonyl (C=O) groups is 1. The molecule has 8 heteroatoms. The number of carboxylic acid groups (broad SMARTS) is 1. The van der Waals surface area contributed by atoms with E-state index in [4.69, 9.17) is 0 Å². The maximum absolute atomic E-state index is 11.4. The summed E-state index contributed by atoms with van der Waals surface area (Å²) in [6, 6.07) is 7.57. The molecule has 0 radical (unpaired) electrons. The minimum absolute atomic E-state index is 0.104. The third-order valence-corrected chi connectivity index (χ3v) is 4.34. The lowest BCUT2D eigenvalue weighted by Gasteiger charge is -2.21. The number of aromatic amines is 1. The van der Waals surface area contributed by atoms with Crippen LogP contribution < -0.4 is 5.32 Å². The van der Waals surface area contributed by atoms with Crippen molar-refractivity contribution < 1.29 is 9.90 Å². The van der Waals surface area contributed by atoms with Gasteiger partial charge in [0, 0.05) is 22.7 Å². The molecule has 0 fully saturated rings. The van der Waals surface area contributed by atoms with Crippen molar-refractivity contribution in [2.24, 2.45) is 0 Å². The quantitative estimate of drug-likeness (QED) is 0.640. The summed E-state index contributed by atoms with van der Waals surface area (Å²) in [4.78, 5) is 19.0. The Labute approximate surface area is 135 Å². The molecule has 23 heavy (non-hydrogen) atoms. The molecule has 4 rings (SSSR count). The average molecular weight is 327 g/mol. The molecular formula is C15H13N5O2S. The predicted molar refractivity (Wildman–Crippen MR) is 87.6 cm³/mol. The maximum atomic E-state index is 11.4. The number of aliphatic carboxylic acids is 1. The van der Waals surface area contributed by atoms with E-state index in [0.717, 1.165) is 16.5 Å². The van der Waals surface area contributed by atoms with Gasteiger partial charge in [0.2, 0.25) is 11.1 Å². The second kappa shape index (κ2) is 5.17. The molecule has 3 heterocycles. The third-order valence-electron chi connectivity index (χ3n) is 3.80. The first-order chi connectivity index (χ1) is 11.2. The number of carboxylic acids is 1. The molecule has 0 bridgehead atoms.